The summed E-state index contributed by atoms with van der Waals surface area (Å²) in [6, 6.07) is 12.2. The number of benzene rings is 2. The topological polar surface area (TPSA) is 36.9 Å². The number of hydrogen-bond acceptors (Lipinski definition) is 4. The summed E-state index contributed by atoms with van der Waals surface area (Å²) in [6.07, 6.45) is 4.87. The van der Waals surface area contributed by atoms with Gasteiger partial charge in [-0.25, -0.2) is 0 Å². The molecule has 0 fully saturated rings. The van der Waals surface area contributed by atoms with Crippen molar-refractivity contribution in [1.82, 2.24) is 0 Å². The van der Waals surface area contributed by atoms with E-state index in [1.54, 1.807) is 21.3 Å². The molecule has 0 spiro atoms. The average Bonchev–Trinajstić information content (AvgIpc) is 2.72. The Bertz CT molecular complexity index is 841. The zero-order valence-corrected chi connectivity index (χ0v) is 21.8. The molecule has 0 atom stereocenters. The molecule has 0 heterocycles. The summed E-state index contributed by atoms with van der Waals surface area (Å²) < 4.78 is 83.8. The van der Waals surface area contributed by atoms with E-state index in [1.165, 1.54) is 22.8 Å². The molecule has 0 N–H and O–H groups in total. The molecule has 0 saturated heterocycles. The Balaban J connectivity index is 0.000000675. The minimum absolute atomic E-state index is 0.441. The van der Waals surface area contributed by atoms with E-state index in [0.29, 0.717) is 0 Å². The van der Waals surface area contributed by atoms with Crippen LogP contribution in [-0.2, 0) is 0 Å². The van der Waals surface area contributed by atoms with Crippen molar-refractivity contribution in [3.05, 3.63) is 43.5 Å². The van der Waals surface area contributed by atoms with Crippen LogP contribution < -0.4 is 40.2 Å². The van der Waals surface area contributed by atoms with Gasteiger partial charge < -0.3 is 18.9 Å². The van der Waals surface area contributed by atoms with Gasteiger partial charge in [-0.2, -0.15) is 0 Å². The monoisotopic (exact) mass is 616 g/mol. The second-order valence-electron chi connectivity index (χ2n) is 6.76. The first-order valence-corrected chi connectivity index (χ1v) is 14.1. The molecular formula is C21H28F6IO4P. The van der Waals surface area contributed by atoms with Crippen molar-refractivity contribution >= 4 is 7.81 Å². The van der Waals surface area contributed by atoms with Crippen LogP contribution in [0, 0.1) is 7.14 Å². The molecule has 4 nitrogen and oxygen atoms in total. The normalized spacial score (nSPS) is 13.2. The zero-order valence-electron chi connectivity index (χ0n) is 18.7. The Morgan fingerprint density at radius 2 is 1.24 bits per heavy atom. The minimum atomic E-state index is -10.7. The number of methoxy groups -OCH3 is 3. The van der Waals surface area contributed by atoms with Gasteiger partial charge in [0.2, 0.25) is 0 Å². The molecule has 0 unspecified atom stereocenters. The Morgan fingerprint density at radius 3 is 1.67 bits per heavy atom. The van der Waals surface area contributed by atoms with Crippen molar-refractivity contribution in [3.8, 4) is 23.0 Å². The Morgan fingerprint density at radius 1 is 0.727 bits per heavy atom. The van der Waals surface area contributed by atoms with Gasteiger partial charge in [0.1, 0.15) is 11.5 Å². The van der Waals surface area contributed by atoms with Crippen LogP contribution in [0.5, 0.6) is 23.0 Å². The van der Waals surface area contributed by atoms with Gasteiger partial charge in [-0.1, -0.05) is 26.2 Å². The molecule has 2 rings (SSSR count). The predicted octanol–water partition coefficient (Wildman–Crippen LogP) is 5.18. The summed E-state index contributed by atoms with van der Waals surface area (Å²) in [5, 5.41) is 0. The van der Waals surface area contributed by atoms with E-state index in [4.69, 9.17) is 18.9 Å². The zero-order chi connectivity index (χ0) is 25.2. The summed E-state index contributed by atoms with van der Waals surface area (Å²) >= 11 is -0.441. The number of halogens is 7. The van der Waals surface area contributed by atoms with Crippen molar-refractivity contribution in [1.29, 1.82) is 0 Å². The summed E-state index contributed by atoms with van der Waals surface area (Å²) in [7, 11) is -5.66. The van der Waals surface area contributed by atoms with Gasteiger partial charge in [-0.3, -0.25) is 0 Å². The maximum absolute atomic E-state index is 10.7. The van der Waals surface area contributed by atoms with Gasteiger partial charge >= 0.3 is 54.2 Å². The standard InChI is InChI=1S/C21H28IO4.F6P/c1-5-6-7-8-13-26-17-11-9-16(10-12-17)22-21-19(24-3)14-18(23-2)15-20(21)25-4;1-7(2,3,4,5)6/h9-12,14-15H,5-8,13H2,1-4H3;/q+1;-1. The molecule has 2 aromatic carbocycles. The Hall–Kier alpha value is -1.62. The summed E-state index contributed by atoms with van der Waals surface area (Å²) in [4.78, 5) is 0. The van der Waals surface area contributed by atoms with Gasteiger partial charge in [0.25, 0.3) is 3.57 Å². The van der Waals surface area contributed by atoms with Crippen LogP contribution in [0.2, 0.25) is 0 Å². The first-order valence-electron chi connectivity index (χ1n) is 9.91. The molecule has 0 aliphatic heterocycles. The molecule has 0 aliphatic rings. The summed E-state index contributed by atoms with van der Waals surface area (Å²) in [5.41, 5.74) is 0. The molecule has 33 heavy (non-hydrogen) atoms. The van der Waals surface area contributed by atoms with Crippen molar-refractivity contribution in [2.45, 2.75) is 32.6 Å². The quantitative estimate of drug-likeness (QED) is 0.151. The first kappa shape index (κ1) is 29.4. The maximum atomic E-state index is 9.87. The molecule has 0 saturated carbocycles. The van der Waals surface area contributed by atoms with Gasteiger partial charge in [-0.15, -0.1) is 0 Å². The molecule has 0 radical (unpaired) electrons. The summed E-state index contributed by atoms with van der Waals surface area (Å²) in [5.74, 6) is 3.29. The van der Waals surface area contributed by atoms with Crippen LogP contribution in [0.15, 0.2) is 36.4 Å². The van der Waals surface area contributed by atoms with E-state index in [0.717, 1.165) is 39.6 Å². The Kier molecular flexibility index (Phi) is 10.4. The van der Waals surface area contributed by atoms with Gasteiger partial charge in [0, 0.05) is 12.1 Å². The molecule has 0 amide bonds. The fraction of sp³-hybridized carbons (Fsp3) is 0.429. The van der Waals surface area contributed by atoms with Crippen LogP contribution in [-0.4, -0.2) is 27.9 Å². The van der Waals surface area contributed by atoms with Crippen molar-refractivity contribution < 1.29 is 65.3 Å². The second-order valence-corrected chi connectivity index (χ2v) is 11.5. The molecule has 12 heteroatoms. The van der Waals surface area contributed by atoms with Crippen molar-refractivity contribution in [2.24, 2.45) is 0 Å². The number of rotatable bonds is 11. The third-order valence-electron chi connectivity index (χ3n) is 3.94. The van der Waals surface area contributed by atoms with Crippen molar-refractivity contribution in [3.63, 3.8) is 0 Å². The number of unbranched alkanes of at least 4 members (excludes halogenated alkanes) is 3. The van der Waals surface area contributed by atoms with E-state index in [-0.39, 0.29) is 0 Å². The second kappa shape index (κ2) is 11.7. The molecular weight excluding hydrogens is 588 g/mol. The molecule has 0 aliphatic carbocycles. The van der Waals surface area contributed by atoms with Gasteiger partial charge in [-0.05, 0) is 30.7 Å². The molecule has 2 aromatic rings. The number of ether oxygens (including phenoxy) is 4. The van der Waals surface area contributed by atoms with E-state index in [1.807, 2.05) is 12.1 Å². The van der Waals surface area contributed by atoms with E-state index in [9.17, 15) is 25.2 Å². The predicted molar refractivity (Wildman–Crippen MR) is 113 cm³/mol. The Labute approximate surface area is 200 Å². The third-order valence-corrected chi connectivity index (χ3v) is 6.88. The average molecular weight is 616 g/mol. The van der Waals surface area contributed by atoms with E-state index >= 15 is 0 Å². The third kappa shape index (κ3) is 14.3. The molecule has 0 bridgehead atoms. The van der Waals surface area contributed by atoms with Crippen LogP contribution in [0.25, 0.3) is 0 Å². The van der Waals surface area contributed by atoms with Crippen molar-refractivity contribution in [2.75, 3.05) is 27.9 Å². The molecule has 190 valence electrons. The fourth-order valence-corrected chi connectivity index (χ4v) is 5.10. The van der Waals surface area contributed by atoms with Gasteiger partial charge in [0.15, 0.2) is 15.1 Å². The molecule has 0 aromatic heterocycles. The van der Waals surface area contributed by atoms with Crippen LogP contribution in [0.1, 0.15) is 32.6 Å². The fourth-order valence-electron chi connectivity index (χ4n) is 2.48. The summed E-state index contributed by atoms with van der Waals surface area (Å²) in [6.45, 7) is 3.00. The van der Waals surface area contributed by atoms with Crippen LogP contribution >= 0.6 is 7.81 Å². The van der Waals surface area contributed by atoms with E-state index < -0.39 is 29.0 Å². The van der Waals surface area contributed by atoms with Crippen LogP contribution in [0.3, 0.4) is 0 Å². The van der Waals surface area contributed by atoms with E-state index in [2.05, 4.69) is 31.2 Å². The van der Waals surface area contributed by atoms with Crippen LogP contribution in [0.4, 0.5) is 25.2 Å². The first-order chi connectivity index (χ1) is 15.2. The SMILES string of the molecule is CCCCCCOc1ccc([I+]c2c(OC)cc(OC)cc2OC)cc1.F[P-](F)(F)(F)(F)F. The van der Waals surface area contributed by atoms with Gasteiger partial charge in [0.05, 0.1) is 27.9 Å². The number of hydrogen-bond donors (Lipinski definition) is 0.